The van der Waals surface area contributed by atoms with E-state index in [9.17, 15) is 19.5 Å². The molecule has 4 amide bonds. The molecule has 0 bridgehead atoms. The van der Waals surface area contributed by atoms with Crippen molar-refractivity contribution < 1.29 is 29.0 Å². The molecule has 2 N–H and O–H groups in total. The topological polar surface area (TPSA) is 119 Å². The normalized spacial score (nSPS) is 27.5. The Labute approximate surface area is 333 Å². The minimum Gasteiger partial charge on any atom is -0.504 e. The lowest BCUT2D eigenvalue weighted by atomic mass is 9.49. The molecule has 10 heteroatoms. The number of phenolic OH excluding ortho intramolecular Hbond substituents is 1. The molecule has 0 spiro atoms. The third-order valence-electron chi connectivity index (χ3n) is 13.2. The van der Waals surface area contributed by atoms with Crippen molar-refractivity contribution in [2.45, 2.75) is 63.5 Å². The second kappa shape index (κ2) is 14.6. The molecular weight excluding hydrogens is 717 g/mol. The molecule has 0 aromatic heterocycles. The zero-order valence-electron chi connectivity index (χ0n) is 32.3. The van der Waals surface area contributed by atoms with Gasteiger partial charge in [-0.2, -0.15) is 5.01 Å². The van der Waals surface area contributed by atoms with Crippen LogP contribution in [0, 0.1) is 30.6 Å². The van der Waals surface area contributed by atoms with Gasteiger partial charge in [0.25, 0.3) is 11.8 Å². The Kier molecular flexibility index (Phi) is 9.47. The highest BCUT2D eigenvalue weighted by Gasteiger charge is 2.71. The first-order valence-electron chi connectivity index (χ1n) is 20.3. The fourth-order valence-electron chi connectivity index (χ4n) is 10.7. The number of allylic oxidation sites excluding steroid dienone is 2. The van der Waals surface area contributed by atoms with Crippen molar-refractivity contribution in [1.29, 1.82) is 0 Å². The van der Waals surface area contributed by atoms with E-state index in [1.165, 1.54) is 5.56 Å². The van der Waals surface area contributed by atoms with Gasteiger partial charge in [0.2, 0.25) is 11.8 Å². The van der Waals surface area contributed by atoms with Crippen LogP contribution in [-0.4, -0.2) is 69.3 Å². The van der Waals surface area contributed by atoms with Gasteiger partial charge in [0.05, 0.1) is 35.5 Å². The summed E-state index contributed by atoms with van der Waals surface area (Å²) in [4.78, 5) is 63.6. The predicted molar refractivity (Wildman–Crippen MR) is 215 cm³/mol. The number of rotatable bonds is 9. The third-order valence-corrected chi connectivity index (χ3v) is 13.2. The molecule has 6 atom stereocenters. The second-order valence-electron chi connectivity index (χ2n) is 16.3. The Morgan fingerprint density at radius 2 is 1.51 bits per heavy atom. The molecular formula is C47H48N4O6. The van der Waals surface area contributed by atoms with Gasteiger partial charge in [0.15, 0.2) is 11.5 Å². The van der Waals surface area contributed by atoms with Crippen LogP contribution in [0.4, 0.5) is 5.69 Å². The fraction of sp³-hybridized carbons (Fsp3) is 0.362. The van der Waals surface area contributed by atoms with E-state index in [-0.39, 0.29) is 35.8 Å². The number of imide groups is 2. The van der Waals surface area contributed by atoms with Gasteiger partial charge in [-0.15, -0.1) is 0 Å². The van der Waals surface area contributed by atoms with Crippen molar-refractivity contribution in [2.24, 2.45) is 23.7 Å². The molecule has 10 nitrogen and oxygen atoms in total. The number of ether oxygens (including phenoxy) is 1. The Bertz CT molecular complexity index is 2230. The largest absolute Gasteiger partial charge is 0.504 e. The molecule has 1 saturated carbocycles. The van der Waals surface area contributed by atoms with E-state index >= 15 is 4.79 Å². The van der Waals surface area contributed by atoms with E-state index in [1.807, 2.05) is 92.7 Å². The number of fused-ring (bicyclic) bond motifs is 4. The van der Waals surface area contributed by atoms with Gasteiger partial charge in [-0.05, 0) is 74.8 Å². The average molecular weight is 765 g/mol. The first-order chi connectivity index (χ1) is 27.7. The molecule has 9 rings (SSSR count). The van der Waals surface area contributed by atoms with Gasteiger partial charge in [0.1, 0.15) is 0 Å². The number of phenols is 1. The van der Waals surface area contributed by atoms with Crippen LogP contribution in [-0.2, 0) is 31.1 Å². The van der Waals surface area contributed by atoms with Crippen molar-refractivity contribution in [3.05, 3.63) is 137 Å². The molecule has 4 aromatic carbocycles. The zero-order chi connectivity index (χ0) is 39.4. The Hall–Kier alpha value is -5.74. The maximum atomic E-state index is 15.4. The number of hydrogen-bond donors (Lipinski definition) is 2. The van der Waals surface area contributed by atoms with Crippen LogP contribution in [0.1, 0.15) is 60.8 Å². The van der Waals surface area contributed by atoms with Crippen molar-refractivity contribution in [3.63, 3.8) is 0 Å². The maximum Gasteiger partial charge on any atom is 0.260 e. The number of amides is 4. The molecule has 5 aliphatic rings. The number of hydrogen-bond acceptors (Lipinski definition) is 8. The number of likely N-dealkylation sites (tertiary alicyclic amines) is 2. The highest BCUT2D eigenvalue weighted by molar-refractivity contribution is 6.13. The first kappa shape index (κ1) is 36.9. The highest BCUT2D eigenvalue weighted by Crippen LogP contribution is 2.65. The fourth-order valence-corrected chi connectivity index (χ4v) is 10.7. The number of piperidine rings is 1. The molecule has 4 fully saturated rings. The zero-order valence-corrected chi connectivity index (χ0v) is 32.3. The summed E-state index contributed by atoms with van der Waals surface area (Å²) < 4.78 is 5.88. The molecule has 57 heavy (non-hydrogen) atoms. The third kappa shape index (κ3) is 5.95. The second-order valence-corrected chi connectivity index (χ2v) is 16.3. The minimum atomic E-state index is -1.48. The molecule has 3 heterocycles. The Morgan fingerprint density at radius 3 is 2.21 bits per heavy atom. The molecule has 3 saturated heterocycles. The van der Waals surface area contributed by atoms with Gasteiger partial charge in [-0.3, -0.25) is 34.4 Å². The van der Waals surface area contributed by atoms with Crippen LogP contribution >= 0.6 is 0 Å². The van der Waals surface area contributed by atoms with Crippen LogP contribution in [0.5, 0.6) is 11.5 Å². The number of para-hydroxylation sites is 1. The summed E-state index contributed by atoms with van der Waals surface area (Å²) in [5, 5.41) is 13.2. The van der Waals surface area contributed by atoms with Gasteiger partial charge in [0, 0.05) is 37.2 Å². The van der Waals surface area contributed by atoms with Gasteiger partial charge in [-0.1, -0.05) is 102 Å². The summed E-state index contributed by atoms with van der Waals surface area (Å²) in [5.74, 6) is -4.52. The van der Waals surface area contributed by atoms with Crippen LogP contribution in [0.15, 0.2) is 115 Å². The van der Waals surface area contributed by atoms with Crippen molar-refractivity contribution >= 4 is 29.3 Å². The lowest BCUT2D eigenvalue weighted by Gasteiger charge is -2.50. The number of nitrogens with one attached hydrogen (secondary N) is 1. The van der Waals surface area contributed by atoms with Crippen LogP contribution in [0.25, 0.3) is 0 Å². The van der Waals surface area contributed by atoms with E-state index in [0.717, 1.165) is 35.8 Å². The smallest absolute Gasteiger partial charge is 0.260 e. The SMILES string of the molecule is CCOc1cccc([C@H]2C3=CC[C@@H]4C(=O)N(C5CCN(Cc6ccccc6)CC5)C(=O)[C@@H]4[C@@H]3C[C@H]3C(=O)N(Nc4ccc(C)cc4)C(=O)[C@@]23c2ccccc2)c1O. The standard InChI is InChI=1S/C47H48N4O6/c1-3-57-39-16-10-15-36(42(39)52)41-34-21-22-35-40(45(55)50(43(35)53)33-23-25-49(26-24-33)28-30-11-6-4-7-12-30)37(34)27-38-44(54)51(48-32-19-17-29(2)18-20-32)46(56)47(38,41)31-13-8-5-9-14-31/h4-21,33,35,37-38,40-41,48,52H,3,22-28H2,1-2H3/t35-,37+,38-,40-,41+,47+/m0/s1. The maximum absolute atomic E-state index is 15.4. The Morgan fingerprint density at radius 1 is 0.807 bits per heavy atom. The van der Waals surface area contributed by atoms with E-state index < -0.39 is 46.8 Å². The summed E-state index contributed by atoms with van der Waals surface area (Å²) in [7, 11) is 0. The summed E-state index contributed by atoms with van der Waals surface area (Å²) in [6.45, 7) is 6.49. The first-order valence-corrected chi connectivity index (χ1v) is 20.3. The number of carbonyl (C=O) groups excluding carboxylic acids is 4. The summed E-state index contributed by atoms with van der Waals surface area (Å²) >= 11 is 0. The van der Waals surface area contributed by atoms with Crippen molar-refractivity contribution in [1.82, 2.24) is 14.8 Å². The molecule has 4 aromatic rings. The lowest BCUT2D eigenvalue weighted by molar-refractivity contribution is -0.144. The van der Waals surface area contributed by atoms with Gasteiger partial charge >= 0.3 is 0 Å². The van der Waals surface area contributed by atoms with Crippen LogP contribution < -0.4 is 10.2 Å². The monoisotopic (exact) mass is 764 g/mol. The van der Waals surface area contributed by atoms with Crippen LogP contribution in [0.2, 0.25) is 0 Å². The molecule has 0 radical (unpaired) electrons. The predicted octanol–water partition coefficient (Wildman–Crippen LogP) is 6.75. The van der Waals surface area contributed by atoms with Crippen molar-refractivity contribution in [2.75, 3.05) is 25.1 Å². The molecule has 0 unspecified atom stereocenters. The van der Waals surface area contributed by atoms with E-state index in [1.54, 1.807) is 23.1 Å². The van der Waals surface area contributed by atoms with Crippen molar-refractivity contribution in [3.8, 4) is 11.5 Å². The number of anilines is 1. The van der Waals surface area contributed by atoms with E-state index in [4.69, 9.17) is 4.74 Å². The van der Waals surface area contributed by atoms with Gasteiger partial charge < -0.3 is 9.84 Å². The number of aryl methyl sites for hydroxylation is 1. The number of hydrazine groups is 1. The number of carbonyl (C=O) groups is 4. The number of aromatic hydroxyl groups is 1. The summed E-state index contributed by atoms with van der Waals surface area (Å²) in [5.41, 5.74) is 6.41. The quantitative estimate of drug-likeness (QED) is 0.142. The summed E-state index contributed by atoms with van der Waals surface area (Å²) in [6.07, 6.45) is 3.96. The van der Waals surface area contributed by atoms with E-state index in [0.29, 0.717) is 42.7 Å². The average Bonchev–Trinajstić information content (AvgIpc) is 3.61. The minimum absolute atomic E-state index is 0.106. The number of benzene rings is 4. The van der Waals surface area contributed by atoms with Crippen LogP contribution in [0.3, 0.4) is 0 Å². The summed E-state index contributed by atoms with van der Waals surface area (Å²) in [6, 6.07) is 32.3. The lowest BCUT2D eigenvalue weighted by Crippen LogP contribution is -2.53. The van der Waals surface area contributed by atoms with Gasteiger partial charge in [-0.25, -0.2) is 0 Å². The molecule has 292 valence electrons. The molecule has 2 aliphatic carbocycles. The highest BCUT2D eigenvalue weighted by atomic mass is 16.5. The molecule has 3 aliphatic heterocycles. The van der Waals surface area contributed by atoms with E-state index in [2.05, 4.69) is 22.5 Å². The number of nitrogens with zero attached hydrogens (tertiary/aromatic N) is 3. The Balaban J connectivity index is 1.12.